The van der Waals surface area contributed by atoms with Gasteiger partial charge in [-0.1, -0.05) is 36.8 Å². The summed E-state index contributed by atoms with van der Waals surface area (Å²) in [4.78, 5) is 24.2. The normalized spacial score (nSPS) is 13.9. The molecule has 23 heavy (non-hydrogen) atoms. The van der Waals surface area contributed by atoms with Crippen LogP contribution in [0, 0.1) is 0 Å². The molecule has 1 amide bonds. The summed E-state index contributed by atoms with van der Waals surface area (Å²) >= 11 is 0. The van der Waals surface area contributed by atoms with E-state index in [-0.39, 0.29) is 18.0 Å². The maximum Gasteiger partial charge on any atom is 0.267 e. The minimum absolute atomic E-state index is 0.0288. The summed E-state index contributed by atoms with van der Waals surface area (Å²) in [5.41, 5.74) is 2.86. The van der Waals surface area contributed by atoms with Crippen LogP contribution < -0.4 is 10.9 Å². The molecule has 120 valence electrons. The highest BCUT2D eigenvalue weighted by atomic mass is 16.2. The van der Waals surface area contributed by atoms with E-state index in [4.69, 9.17) is 0 Å². The van der Waals surface area contributed by atoms with Crippen LogP contribution >= 0.6 is 0 Å². The number of hydrogen-bond donors (Lipinski definition) is 1. The maximum absolute atomic E-state index is 12.1. The Bertz CT molecular complexity index is 738. The van der Waals surface area contributed by atoms with Gasteiger partial charge in [0.15, 0.2) is 0 Å². The van der Waals surface area contributed by atoms with Crippen LogP contribution in [-0.2, 0) is 30.7 Å². The Balaban J connectivity index is 1.66. The first-order valence-electron chi connectivity index (χ1n) is 8.13. The molecule has 0 fully saturated rings. The fourth-order valence-corrected chi connectivity index (χ4v) is 2.88. The second kappa shape index (κ2) is 7.22. The van der Waals surface area contributed by atoms with Crippen molar-refractivity contribution in [1.82, 2.24) is 15.1 Å². The second-order valence-corrected chi connectivity index (χ2v) is 5.94. The van der Waals surface area contributed by atoms with Crippen molar-refractivity contribution in [2.45, 2.75) is 45.2 Å². The Morgan fingerprint density at radius 2 is 1.91 bits per heavy atom. The molecular weight excluding hydrogens is 290 g/mol. The highest BCUT2D eigenvalue weighted by Gasteiger charge is 2.13. The minimum atomic E-state index is -0.197. The average molecular weight is 311 g/mol. The van der Waals surface area contributed by atoms with Crippen LogP contribution in [0.15, 0.2) is 41.2 Å². The van der Waals surface area contributed by atoms with Gasteiger partial charge in [-0.05, 0) is 36.8 Å². The quantitative estimate of drug-likeness (QED) is 0.876. The van der Waals surface area contributed by atoms with Crippen molar-refractivity contribution in [3.63, 3.8) is 0 Å². The number of rotatable bonds is 4. The van der Waals surface area contributed by atoms with E-state index in [1.54, 1.807) is 6.07 Å². The first-order valence-corrected chi connectivity index (χ1v) is 8.13. The summed E-state index contributed by atoms with van der Waals surface area (Å²) in [5, 5.41) is 7.24. The lowest BCUT2D eigenvalue weighted by Gasteiger charge is -2.10. The van der Waals surface area contributed by atoms with Gasteiger partial charge in [0, 0.05) is 12.6 Å². The van der Waals surface area contributed by atoms with Gasteiger partial charge in [-0.25, -0.2) is 4.68 Å². The van der Waals surface area contributed by atoms with Gasteiger partial charge in [0.1, 0.15) is 6.54 Å². The van der Waals surface area contributed by atoms with Crippen LogP contribution in [0.3, 0.4) is 0 Å². The van der Waals surface area contributed by atoms with Crippen LogP contribution in [0.5, 0.6) is 0 Å². The van der Waals surface area contributed by atoms with Crippen molar-refractivity contribution < 1.29 is 4.79 Å². The molecule has 0 saturated heterocycles. The van der Waals surface area contributed by atoms with Crippen LogP contribution in [0.2, 0.25) is 0 Å². The lowest BCUT2D eigenvalue weighted by molar-refractivity contribution is -0.122. The number of fused-ring (bicyclic) bond motifs is 1. The predicted molar refractivity (Wildman–Crippen MR) is 88.0 cm³/mol. The number of aryl methyl sites for hydroxylation is 2. The molecule has 1 aromatic heterocycles. The van der Waals surface area contributed by atoms with Crippen molar-refractivity contribution >= 4 is 5.91 Å². The van der Waals surface area contributed by atoms with Gasteiger partial charge in [0.05, 0.1) is 5.69 Å². The van der Waals surface area contributed by atoms with Crippen molar-refractivity contribution in [1.29, 1.82) is 0 Å². The number of carbonyl (C=O) groups is 1. The van der Waals surface area contributed by atoms with Crippen molar-refractivity contribution in [3.05, 3.63) is 63.6 Å². The van der Waals surface area contributed by atoms with Gasteiger partial charge in [-0.2, -0.15) is 5.10 Å². The molecule has 2 aromatic rings. The van der Waals surface area contributed by atoms with Crippen molar-refractivity contribution in [2.24, 2.45) is 0 Å². The Kier molecular flexibility index (Phi) is 4.86. The first-order chi connectivity index (χ1) is 11.2. The molecule has 0 unspecified atom stereocenters. The zero-order chi connectivity index (χ0) is 16.1. The number of aromatic nitrogens is 2. The molecule has 5 heteroatoms. The fraction of sp³-hybridized carbons (Fsp3) is 0.389. The Hall–Kier alpha value is -2.43. The Morgan fingerprint density at radius 3 is 2.74 bits per heavy atom. The van der Waals surface area contributed by atoms with Crippen LogP contribution in [0.1, 0.15) is 36.1 Å². The third-order valence-electron chi connectivity index (χ3n) is 4.15. The molecular formula is C18H21N3O2. The van der Waals surface area contributed by atoms with Gasteiger partial charge < -0.3 is 5.32 Å². The van der Waals surface area contributed by atoms with Crippen molar-refractivity contribution in [2.75, 3.05) is 0 Å². The smallest absolute Gasteiger partial charge is 0.267 e. The van der Waals surface area contributed by atoms with E-state index in [1.807, 2.05) is 30.3 Å². The lowest BCUT2D eigenvalue weighted by atomic mass is 10.1. The molecule has 1 heterocycles. The third-order valence-corrected chi connectivity index (χ3v) is 4.15. The van der Waals surface area contributed by atoms with Crippen LogP contribution in [-0.4, -0.2) is 15.7 Å². The van der Waals surface area contributed by atoms with E-state index in [0.717, 1.165) is 42.5 Å². The number of carbonyl (C=O) groups excluding carboxylic acids is 1. The molecule has 0 aliphatic heterocycles. The highest BCUT2D eigenvalue weighted by Crippen LogP contribution is 2.16. The topological polar surface area (TPSA) is 64.0 Å². The molecule has 5 nitrogen and oxygen atoms in total. The summed E-state index contributed by atoms with van der Waals surface area (Å²) < 4.78 is 1.28. The SMILES string of the molecule is O=C(Cn1nc2c(cc1=O)CCCCC2)NCc1ccccc1. The number of amides is 1. The third kappa shape index (κ3) is 4.06. The molecule has 3 rings (SSSR count). The van der Waals surface area contributed by atoms with Crippen LogP contribution in [0.25, 0.3) is 0 Å². The molecule has 0 bridgehead atoms. The maximum atomic E-state index is 12.1. The molecule has 1 aromatic carbocycles. The molecule has 1 aliphatic rings. The van der Waals surface area contributed by atoms with E-state index in [0.29, 0.717) is 6.54 Å². The summed E-state index contributed by atoms with van der Waals surface area (Å²) in [6, 6.07) is 11.4. The van der Waals surface area contributed by atoms with E-state index in [9.17, 15) is 9.59 Å². The number of hydrogen-bond acceptors (Lipinski definition) is 3. The summed E-state index contributed by atoms with van der Waals surface area (Å²) in [6.07, 6.45) is 5.18. The second-order valence-electron chi connectivity index (χ2n) is 5.94. The number of nitrogens with one attached hydrogen (secondary N) is 1. The molecule has 0 saturated carbocycles. The van der Waals surface area contributed by atoms with Gasteiger partial charge in [0.25, 0.3) is 5.56 Å². The molecule has 0 atom stereocenters. The zero-order valence-corrected chi connectivity index (χ0v) is 13.1. The van der Waals surface area contributed by atoms with Crippen LogP contribution in [0.4, 0.5) is 0 Å². The molecule has 1 aliphatic carbocycles. The van der Waals surface area contributed by atoms with E-state index < -0.39 is 0 Å². The van der Waals surface area contributed by atoms with Crippen molar-refractivity contribution in [3.8, 4) is 0 Å². The van der Waals surface area contributed by atoms with Gasteiger partial charge in [0.2, 0.25) is 5.91 Å². The number of benzene rings is 1. The first kappa shape index (κ1) is 15.5. The Morgan fingerprint density at radius 1 is 1.13 bits per heavy atom. The molecule has 1 N–H and O–H groups in total. The lowest BCUT2D eigenvalue weighted by Crippen LogP contribution is -2.34. The fourth-order valence-electron chi connectivity index (χ4n) is 2.88. The van der Waals surface area contributed by atoms with Gasteiger partial charge in [-0.15, -0.1) is 0 Å². The zero-order valence-electron chi connectivity index (χ0n) is 13.1. The van der Waals surface area contributed by atoms with Gasteiger partial charge >= 0.3 is 0 Å². The largest absolute Gasteiger partial charge is 0.350 e. The average Bonchev–Trinajstić information content (AvgIpc) is 2.79. The van der Waals surface area contributed by atoms with E-state index in [2.05, 4.69) is 10.4 Å². The molecule has 0 radical (unpaired) electrons. The standard InChI is InChI=1S/C18H21N3O2/c22-17(19-12-14-7-3-1-4-8-14)13-21-18(23)11-15-9-5-2-6-10-16(15)20-21/h1,3-4,7-8,11H,2,5-6,9-10,12-13H2,(H,19,22). The minimum Gasteiger partial charge on any atom is -0.350 e. The predicted octanol–water partition coefficient (Wildman–Crippen LogP) is 1.83. The monoisotopic (exact) mass is 311 g/mol. The highest BCUT2D eigenvalue weighted by molar-refractivity contribution is 5.75. The van der Waals surface area contributed by atoms with Gasteiger partial charge in [-0.3, -0.25) is 9.59 Å². The van der Waals surface area contributed by atoms with E-state index >= 15 is 0 Å². The summed E-state index contributed by atoms with van der Waals surface area (Å²) in [5.74, 6) is -0.197. The summed E-state index contributed by atoms with van der Waals surface area (Å²) in [7, 11) is 0. The Labute approximate surface area is 135 Å². The summed E-state index contributed by atoms with van der Waals surface area (Å²) in [6.45, 7) is 0.429. The molecule has 0 spiro atoms. The number of nitrogens with zero attached hydrogens (tertiary/aromatic N) is 2. The van der Waals surface area contributed by atoms with E-state index in [1.165, 1.54) is 11.1 Å².